The summed E-state index contributed by atoms with van der Waals surface area (Å²) >= 11 is 0. The van der Waals surface area contributed by atoms with Gasteiger partial charge in [-0.2, -0.15) is 0 Å². The first-order chi connectivity index (χ1) is 13.1. The van der Waals surface area contributed by atoms with Gasteiger partial charge in [0.25, 0.3) is 0 Å². The van der Waals surface area contributed by atoms with Crippen LogP contribution in [0.2, 0.25) is 0 Å². The van der Waals surface area contributed by atoms with Crippen molar-refractivity contribution in [3.63, 3.8) is 0 Å². The van der Waals surface area contributed by atoms with Gasteiger partial charge >= 0.3 is 0 Å². The number of likely N-dealkylation sites (N-methyl/N-ethyl adjacent to an activating group) is 1. The number of aryl methyl sites for hydroxylation is 1. The first kappa shape index (κ1) is 19.7. The largest absolute Gasteiger partial charge is 0.493 e. The maximum atomic E-state index is 12.4. The highest BCUT2D eigenvalue weighted by Gasteiger charge is 2.41. The van der Waals surface area contributed by atoms with Crippen molar-refractivity contribution in [1.82, 2.24) is 9.80 Å². The van der Waals surface area contributed by atoms with Gasteiger partial charge in [-0.3, -0.25) is 19.4 Å². The molecule has 0 spiro atoms. The number of benzene rings is 1. The minimum absolute atomic E-state index is 0.00808. The molecular formula is C21H30N2O4. The lowest BCUT2D eigenvalue weighted by molar-refractivity contribution is -0.139. The van der Waals surface area contributed by atoms with E-state index >= 15 is 0 Å². The molecule has 148 valence electrons. The molecule has 0 radical (unpaired) electrons. The maximum Gasteiger partial charge on any atom is 0.247 e. The number of rotatable bonds is 7. The molecule has 6 heteroatoms. The van der Waals surface area contributed by atoms with Gasteiger partial charge in [0, 0.05) is 6.54 Å². The van der Waals surface area contributed by atoms with Gasteiger partial charge in [0.15, 0.2) is 11.5 Å². The van der Waals surface area contributed by atoms with Crippen molar-refractivity contribution < 1.29 is 19.1 Å². The lowest BCUT2D eigenvalue weighted by Gasteiger charge is -2.34. The van der Waals surface area contributed by atoms with Gasteiger partial charge in [-0.25, -0.2) is 0 Å². The average Bonchev–Trinajstić information content (AvgIpc) is 2.99. The monoisotopic (exact) mass is 374 g/mol. The maximum absolute atomic E-state index is 12.4. The van der Waals surface area contributed by atoms with E-state index in [1.807, 2.05) is 13.0 Å². The molecule has 2 aliphatic rings. The molecule has 0 N–H and O–H groups in total. The summed E-state index contributed by atoms with van der Waals surface area (Å²) in [5.41, 5.74) is 1.25. The van der Waals surface area contributed by atoms with Crippen molar-refractivity contribution in [2.75, 3.05) is 33.9 Å². The van der Waals surface area contributed by atoms with Crippen LogP contribution >= 0.6 is 0 Å². The van der Waals surface area contributed by atoms with Crippen LogP contribution < -0.4 is 9.47 Å². The first-order valence-electron chi connectivity index (χ1n) is 9.86. The predicted molar refractivity (Wildman–Crippen MR) is 103 cm³/mol. The molecule has 2 aliphatic heterocycles. The van der Waals surface area contributed by atoms with Gasteiger partial charge < -0.3 is 9.47 Å². The fourth-order valence-corrected chi connectivity index (χ4v) is 4.24. The molecule has 0 bridgehead atoms. The molecule has 6 nitrogen and oxygen atoms in total. The molecule has 0 aliphatic carbocycles. The smallest absolute Gasteiger partial charge is 0.247 e. The van der Waals surface area contributed by atoms with E-state index in [4.69, 9.17) is 9.47 Å². The van der Waals surface area contributed by atoms with Gasteiger partial charge in [-0.1, -0.05) is 6.07 Å². The van der Waals surface area contributed by atoms with Crippen LogP contribution in [0, 0.1) is 5.92 Å². The van der Waals surface area contributed by atoms with Gasteiger partial charge in [0.1, 0.15) is 0 Å². The van der Waals surface area contributed by atoms with E-state index in [9.17, 15) is 9.59 Å². The molecule has 2 fully saturated rings. The van der Waals surface area contributed by atoms with Gasteiger partial charge in [0.2, 0.25) is 11.8 Å². The summed E-state index contributed by atoms with van der Waals surface area (Å²) in [5.74, 6) is 2.15. The fourth-order valence-electron chi connectivity index (χ4n) is 4.24. The molecule has 1 aromatic carbocycles. The van der Waals surface area contributed by atoms with E-state index in [1.54, 1.807) is 14.2 Å². The van der Waals surface area contributed by atoms with Crippen LogP contribution in [0.1, 0.15) is 38.2 Å². The highest BCUT2D eigenvalue weighted by Crippen LogP contribution is 2.30. The third-order valence-electron chi connectivity index (χ3n) is 5.92. The van der Waals surface area contributed by atoms with Crippen LogP contribution in [0.25, 0.3) is 0 Å². The van der Waals surface area contributed by atoms with Crippen molar-refractivity contribution in [3.05, 3.63) is 23.8 Å². The number of carbonyl (C=O) groups excluding carboxylic acids is 2. The molecular weight excluding hydrogens is 344 g/mol. The Labute approximate surface area is 161 Å². The van der Waals surface area contributed by atoms with E-state index in [0.29, 0.717) is 18.9 Å². The molecule has 27 heavy (non-hydrogen) atoms. The lowest BCUT2D eigenvalue weighted by Crippen LogP contribution is -2.45. The zero-order valence-corrected chi connectivity index (χ0v) is 16.6. The highest BCUT2D eigenvalue weighted by molar-refractivity contribution is 6.05. The zero-order valence-electron chi connectivity index (χ0n) is 16.6. The van der Waals surface area contributed by atoms with Crippen molar-refractivity contribution in [1.29, 1.82) is 0 Å². The second-order valence-electron chi connectivity index (χ2n) is 7.40. The summed E-state index contributed by atoms with van der Waals surface area (Å²) in [4.78, 5) is 28.0. The van der Waals surface area contributed by atoms with E-state index in [0.717, 1.165) is 50.3 Å². The number of likely N-dealkylation sites (tertiary alicyclic amines) is 2. The lowest BCUT2D eigenvalue weighted by atomic mass is 9.89. The standard InChI is InChI=1S/C21H30N2O4/c1-4-23-20(24)14-17(21(23)25)22-11-9-15(10-12-22)5-6-16-7-8-18(26-2)19(13-16)27-3/h7-8,13,15,17H,4-6,9-12,14H2,1-3H3/t17-/m1/s1. The van der Waals surface area contributed by atoms with E-state index in [1.165, 1.54) is 10.5 Å². The number of imide groups is 1. The van der Waals surface area contributed by atoms with Gasteiger partial charge in [-0.05, 0) is 69.3 Å². The van der Waals surface area contributed by atoms with Crippen molar-refractivity contribution in [2.24, 2.45) is 5.92 Å². The molecule has 1 aromatic rings. The van der Waals surface area contributed by atoms with Crippen LogP contribution in [0.15, 0.2) is 18.2 Å². The van der Waals surface area contributed by atoms with Crippen molar-refractivity contribution in [2.45, 2.75) is 45.1 Å². The Morgan fingerprint density at radius 2 is 1.78 bits per heavy atom. The fraction of sp³-hybridized carbons (Fsp3) is 0.619. The number of amides is 2. The summed E-state index contributed by atoms with van der Waals surface area (Å²) in [7, 11) is 3.31. The number of methoxy groups -OCH3 is 2. The molecule has 2 heterocycles. The van der Waals surface area contributed by atoms with E-state index in [2.05, 4.69) is 17.0 Å². The summed E-state index contributed by atoms with van der Waals surface area (Å²) in [6.45, 7) is 4.14. The number of ether oxygens (including phenoxy) is 2. The second kappa shape index (κ2) is 8.74. The Balaban J connectivity index is 1.49. The van der Waals surface area contributed by atoms with Crippen molar-refractivity contribution in [3.8, 4) is 11.5 Å². The third-order valence-corrected chi connectivity index (χ3v) is 5.92. The van der Waals surface area contributed by atoms with Crippen molar-refractivity contribution >= 4 is 11.8 Å². The Hall–Kier alpha value is -2.08. The molecule has 2 saturated heterocycles. The number of piperidine rings is 1. The minimum atomic E-state index is -0.232. The summed E-state index contributed by atoms with van der Waals surface area (Å²) < 4.78 is 10.7. The number of carbonyl (C=O) groups is 2. The first-order valence-corrected chi connectivity index (χ1v) is 9.86. The second-order valence-corrected chi connectivity index (χ2v) is 7.40. The Bertz CT molecular complexity index is 683. The number of nitrogens with zero attached hydrogens (tertiary/aromatic N) is 2. The topological polar surface area (TPSA) is 59.1 Å². The molecule has 0 unspecified atom stereocenters. The Kier molecular flexibility index (Phi) is 6.37. The minimum Gasteiger partial charge on any atom is -0.493 e. The third kappa shape index (κ3) is 4.26. The van der Waals surface area contributed by atoms with Crippen LogP contribution in [-0.2, 0) is 16.0 Å². The van der Waals surface area contributed by atoms with E-state index in [-0.39, 0.29) is 17.9 Å². The van der Waals surface area contributed by atoms with E-state index < -0.39 is 0 Å². The summed E-state index contributed by atoms with van der Waals surface area (Å²) in [6.07, 6.45) is 4.65. The van der Waals surface area contributed by atoms with Gasteiger partial charge in [-0.15, -0.1) is 0 Å². The summed E-state index contributed by atoms with van der Waals surface area (Å²) in [5, 5.41) is 0. The SMILES string of the molecule is CCN1C(=O)C[C@@H](N2CCC(CCc3ccc(OC)c(OC)c3)CC2)C1=O. The number of hydrogen-bond donors (Lipinski definition) is 0. The normalized spacial score (nSPS) is 21.7. The molecule has 0 aromatic heterocycles. The van der Waals surface area contributed by atoms with Crippen LogP contribution in [0.4, 0.5) is 0 Å². The van der Waals surface area contributed by atoms with Crippen LogP contribution in [0.3, 0.4) is 0 Å². The molecule has 1 atom stereocenters. The zero-order chi connectivity index (χ0) is 19.4. The van der Waals surface area contributed by atoms with Crippen LogP contribution in [0.5, 0.6) is 11.5 Å². The molecule has 3 rings (SSSR count). The molecule has 2 amide bonds. The average molecular weight is 374 g/mol. The quantitative estimate of drug-likeness (QED) is 0.687. The number of hydrogen-bond acceptors (Lipinski definition) is 5. The highest BCUT2D eigenvalue weighted by atomic mass is 16.5. The van der Waals surface area contributed by atoms with Gasteiger partial charge in [0.05, 0.1) is 26.7 Å². The van der Waals surface area contributed by atoms with Crippen LogP contribution in [-0.4, -0.2) is 61.5 Å². The predicted octanol–water partition coefficient (Wildman–Crippen LogP) is 2.50. The summed E-state index contributed by atoms with van der Waals surface area (Å²) in [6, 6.07) is 5.87. The Morgan fingerprint density at radius 1 is 1.07 bits per heavy atom. The Morgan fingerprint density at radius 3 is 2.37 bits per heavy atom. The molecule has 0 saturated carbocycles.